The van der Waals surface area contributed by atoms with Crippen molar-refractivity contribution in [3.05, 3.63) is 96.1 Å². The number of anilines is 1. The molecule has 0 aliphatic carbocycles. The van der Waals surface area contributed by atoms with E-state index in [2.05, 4.69) is 53.4 Å². The molecule has 1 atom stereocenters. The second kappa shape index (κ2) is 9.71. The third-order valence-corrected chi connectivity index (χ3v) is 7.78. The Balaban J connectivity index is 1.31. The van der Waals surface area contributed by atoms with E-state index in [4.69, 9.17) is 4.74 Å². The number of carbonyl (C=O) groups excluding carboxylic acids is 1. The summed E-state index contributed by atoms with van der Waals surface area (Å²) in [7, 11) is -3.54. The second-order valence-corrected chi connectivity index (χ2v) is 10.9. The zero-order valence-electron chi connectivity index (χ0n) is 19.7. The van der Waals surface area contributed by atoms with E-state index in [-0.39, 0.29) is 18.5 Å². The normalized spacial score (nSPS) is 18.7. The van der Waals surface area contributed by atoms with Gasteiger partial charge in [0.2, 0.25) is 10.0 Å². The first-order valence-electron chi connectivity index (χ1n) is 11.8. The minimum atomic E-state index is -3.54. The Morgan fingerprint density at radius 2 is 1.37 bits per heavy atom. The van der Waals surface area contributed by atoms with Crippen LogP contribution in [0.4, 0.5) is 5.69 Å². The van der Waals surface area contributed by atoms with E-state index in [0.29, 0.717) is 37.6 Å². The van der Waals surface area contributed by atoms with Crippen LogP contribution in [0.25, 0.3) is 0 Å². The Kier molecular flexibility index (Phi) is 6.49. The topological polar surface area (TPSA) is 70.2 Å². The van der Waals surface area contributed by atoms with Gasteiger partial charge in [0.1, 0.15) is 5.75 Å². The SMILES string of the molecule is CS(=O)(=O)N1C[C@H](C(=O)N2CCN(C(c3ccccc3)c3ccccc3)CC2)Oc2ccccc21. The Morgan fingerprint density at radius 1 is 0.829 bits per heavy atom. The summed E-state index contributed by atoms with van der Waals surface area (Å²) in [6.07, 6.45) is 0.285. The van der Waals surface area contributed by atoms with Crippen LogP contribution < -0.4 is 9.04 Å². The number of sulfonamides is 1. The number of hydrogen-bond donors (Lipinski definition) is 0. The highest BCUT2D eigenvalue weighted by atomic mass is 32.2. The predicted octanol–water partition coefficient (Wildman–Crippen LogP) is 3.15. The lowest BCUT2D eigenvalue weighted by Gasteiger charge is -2.42. The van der Waals surface area contributed by atoms with Gasteiger partial charge in [-0.2, -0.15) is 0 Å². The van der Waals surface area contributed by atoms with E-state index >= 15 is 0 Å². The molecule has 0 unspecified atom stereocenters. The summed E-state index contributed by atoms with van der Waals surface area (Å²) in [6.45, 7) is 2.49. The number of hydrogen-bond acceptors (Lipinski definition) is 5. The molecule has 0 bridgehead atoms. The quantitative estimate of drug-likeness (QED) is 0.549. The molecular weight excluding hydrogens is 462 g/mol. The van der Waals surface area contributed by atoms with Crippen molar-refractivity contribution in [2.75, 3.05) is 43.3 Å². The summed E-state index contributed by atoms with van der Waals surface area (Å²) in [4.78, 5) is 17.6. The lowest BCUT2D eigenvalue weighted by molar-refractivity contribution is -0.140. The van der Waals surface area contributed by atoms with Gasteiger partial charge >= 0.3 is 0 Å². The zero-order valence-corrected chi connectivity index (χ0v) is 20.5. The van der Waals surface area contributed by atoms with Gasteiger partial charge in [-0.3, -0.25) is 14.0 Å². The van der Waals surface area contributed by atoms with Crippen molar-refractivity contribution < 1.29 is 17.9 Å². The molecule has 0 aromatic heterocycles. The molecule has 35 heavy (non-hydrogen) atoms. The molecule has 8 heteroatoms. The van der Waals surface area contributed by atoms with Crippen molar-refractivity contribution >= 4 is 21.6 Å². The number of ether oxygens (including phenoxy) is 1. The molecule has 2 aliphatic rings. The summed E-state index contributed by atoms with van der Waals surface area (Å²) in [5.41, 5.74) is 2.90. The Labute approximate surface area is 206 Å². The largest absolute Gasteiger partial charge is 0.476 e. The Bertz CT molecular complexity index is 1240. The minimum absolute atomic E-state index is 0.0223. The first kappa shape index (κ1) is 23.4. The molecule has 7 nitrogen and oxygen atoms in total. The molecule has 3 aromatic carbocycles. The summed E-state index contributed by atoms with van der Waals surface area (Å²) in [5, 5.41) is 0. The van der Waals surface area contributed by atoms with Crippen LogP contribution in [0.3, 0.4) is 0 Å². The molecule has 1 fully saturated rings. The number of carbonyl (C=O) groups is 1. The third-order valence-electron chi connectivity index (χ3n) is 6.63. The maximum atomic E-state index is 13.4. The lowest BCUT2D eigenvalue weighted by Crippen LogP contribution is -2.56. The van der Waals surface area contributed by atoms with Crippen molar-refractivity contribution in [3.63, 3.8) is 0 Å². The molecule has 0 saturated carbocycles. The summed E-state index contributed by atoms with van der Waals surface area (Å²) in [6, 6.07) is 27.9. The first-order valence-corrected chi connectivity index (χ1v) is 13.6. The summed E-state index contributed by atoms with van der Waals surface area (Å²) < 4.78 is 32.1. The third kappa shape index (κ3) is 4.90. The van der Waals surface area contributed by atoms with Crippen molar-refractivity contribution in [2.24, 2.45) is 0 Å². The highest BCUT2D eigenvalue weighted by Gasteiger charge is 2.38. The van der Waals surface area contributed by atoms with Crippen LogP contribution in [-0.4, -0.2) is 69.2 Å². The minimum Gasteiger partial charge on any atom is -0.476 e. The van der Waals surface area contributed by atoms with Gasteiger partial charge in [-0.25, -0.2) is 8.42 Å². The van der Waals surface area contributed by atoms with Gasteiger partial charge in [0.25, 0.3) is 5.91 Å². The van der Waals surface area contributed by atoms with Gasteiger partial charge in [-0.15, -0.1) is 0 Å². The van der Waals surface area contributed by atoms with Crippen LogP contribution in [0.2, 0.25) is 0 Å². The fourth-order valence-electron chi connectivity index (χ4n) is 4.93. The Morgan fingerprint density at radius 3 is 1.94 bits per heavy atom. The molecule has 182 valence electrons. The van der Waals surface area contributed by atoms with Crippen molar-refractivity contribution in [1.29, 1.82) is 0 Å². The number of para-hydroxylation sites is 2. The fourth-order valence-corrected chi connectivity index (χ4v) is 5.85. The Hall–Kier alpha value is -3.36. The van der Waals surface area contributed by atoms with Gasteiger partial charge in [0.05, 0.1) is 24.5 Å². The number of rotatable bonds is 5. The van der Waals surface area contributed by atoms with Crippen LogP contribution in [0, 0.1) is 0 Å². The number of benzene rings is 3. The predicted molar refractivity (Wildman–Crippen MR) is 136 cm³/mol. The molecule has 3 aromatic rings. The average Bonchev–Trinajstić information content (AvgIpc) is 2.89. The van der Waals surface area contributed by atoms with E-state index in [1.54, 1.807) is 29.2 Å². The van der Waals surface area contributed by atoms with Gasteiger partial charge in [-0.1, -0.05) is 72.8 Å². The highest BCUT2D eigenvalue weighted by molar-refractivity contribution is 7.92. The molecule has 0 radical (unpaired) electrons. The molecule has 2 aliphatic heterocycles. The molecule has 5 rings (SSSR count). The summed E-state index contributed by atoms with van der Waals surface area (Å²) in [5.74, 6) is 0.234. The molecule has 0 N–H and O–H groups in total. The second-order valence-electron chi connectivity index (χ2n) is 8.95. The maximum Gasteiger partial charge on any atom is 0.265 e. The fraction of sp³-hybridized carbons (Fsp3) is 0.296. The van der Waals surface area contributed by atoms with Crippen molar-refractivity contribution in [3.8, 4) is 5.75 Å². The molecular formula is C27H29N3O4S. The van der Waals surface area contributed by atoms with Crippen LogP contribution in [-0.2, 0) is 14.8 Å². The van der Waals surface area contributed by atoms with Gasteiger partial charge in [-0.05, 0) is 23.3 Å². The molecule has 0 spiro atoms. The molecule has 1 amide bonds. The first-order chi connectivity index (χ1) is 16.9. The summed E-state index contributed by atoms with van der Waals surface area (Å²) >= 11 is 0. The number of amides is 1. The van der Waals surface area contributed by atoms with E-state index in [1.165, 1.54) is 15.4 Å². The van der Waals surface area contributed by atoms with E-state index in [0.717, 1.165) is 6.26 Å². The smallest absolute Gasteiger partial charge is 0.265 e. The van der Waals surface area contributed by atoms with Crippen molar-refractivity contribution in [2.45, 2.75) is 12.1 Å². The standard InChI is InChI=1S/C27H29N3O4S/c1-35(32,33)30-20-25(34-24-15-9-8-14-23(24)30)27(31)29-18-16-28(17-19-29)26(21-10-4-2-5-11-21)22-12-6-3-7-13-22/h2-15,25-26H,16-20H2,1H3/t25-/m1/s1. The average molecular weight is 492 g/mol. The van der Waals surface area contributed by atoms with Crippen LogP contribution in [0.5, 0.6) is 5.75 Å². The van der Waals surface area contributed by atoms with E-state index < -0.39 is 16.1 Å². The number of piperazine rings is 1. The van der Waals surface area contributed by atoms with Crippen LogP contribution in [0.15, 0.2) is 84.9 Å². The molecule has 1 saturated heterocycles. The van der Waals surface area contributed by atoms with Gasteiger partial charge in [0.15, 0.2) is 6.10 Å². The van der Waals surface area contributed by atoms with Gasteiger partial charge < -0.3 is 9.64 Å². The van der Waals surface area contributed by atoms with Gasteiger partial charge in [0, 0.05) is 26.2 Å². The monoisotopic (exact) mass is 491 g/mol. The van der Waals surface area contributed by atoms with E-state index in [1.807, 2.05) is 12.1 Å². The van der Waals surface area contributed by atoms with E-state index in [9.17, 15) is 13.2 Å². The van der Waals surface area contributed by atoms with Crippen molar-refractivity contribution in [1.82, 2.24) is 9.80 Å². The molecule has 2 heterocycles. The number of fused-ring (bicyclic) bond motifs is 1. The van der Waals surface area contributed by atoms with Crippen LogP contribution in [0.1, 0.15) is 17.2 Å². The number of nitrogens with zero attached hydrogens (tertiary/aromatic N) is 3. The van der Waals surface area contributed by atoms with Crippen LogP contribution >= 0.6 is 0 Å². The zero-order chi connectivity index (χ0) is 24.4. The maximum absolute atomic E-state index is 13.4. The lowest BCUT2D eigenvalue weighted by atomic mass is 9.96. The highest BCUT2D eigenvalue weighted by Crippen LogP contribution is 2.35.